The van der Waals surface area contributed by atoms with Gasteiger partial charge in [0.25, 0.3) is 5.91 Å². The first kappa shape index (κ1) is 18.2. The van der Waals surface area contributed by atoms with Crippen molar-refractivity contribution in [3.8, 4) is 0 Å². The predicted octanol–water partition coefficient (Wildman–Crippen LogP) is 2.15. The minimum atomic E-state index is -0.222. The number of fused-ring (bicyclic) bond motifs is 1. The zero-order valence-corrected chi connectivity index (χ0v) is 15.5. The first-order valence-corrected chi connectivity index (χ1v) is 8.73. The van der Waals surface area contributed by atoms with E-state index in [0.717, 1.165) is 23.1 Å². The molecule has 0 aliphatic heterocycles. The summed E-state index contributed by atoms with van der Waals surface area (Å²) < 4.78 is 11.1. The Kier molecular flexibility index (Phi) is 5.71. The largest absolute Gasteiger partial charge is 0.451 e. The van der Waals surface area contributed by atoms with Gasteiger partial charge in [-0.25, -0.2) is 0 Å². The second kappa shape index (κ2) is 8.17. The van der Waals surface area contributed by atoms with Crippen molar-refractivity contribution < 1.29 is 18.8 Å². The fourth-order valence-corrected chi connectivity index (χ4v) is 3.11. The Labute approximate surface area is 153 Å². The number of carbonyl (C=O) groups is 1. The number of furan rings is 1. The van der Waals surface area contributed by atoms with Crippen LogP contribution in [-0.2, 0) is 24.4 Å². The van der Waals surface area contributed by atoms with E-state index in [9.17, 15) is 4.79 Å². The topological polar surface area (TPSA) is 55.9 Å². The molecule has 1 amide bonds. The first-order chi connectivity index (χ1) is 12.6. The molecule has 0 atom stereocenters. The first-order valence-electron chi connectivity index (χ1n) is 8.73. The fourth-order valence-electron chi connectivity index (χ4n) is 3.11. The summed E-state index contributed by atoms with van der Waals surface area (Å²) in [5, 5.41) is 3.90. The number of para-hydroxylation sites is 1. The van der Waals surface area contributed by atoms with Gasteiger partial charge in [0.15, 0.2) is 5.76 Å². The second-order valence-electron chi connectivity index (χ2n) is 6.67. The summed E-state index contributed by atoms with van der Waals surface area (Å²) in [6.45, 7) is 1.71. The Hall–Kier alpha value is -2.63. The Balaban J connectivity index is 1.81. The van der Waals surface area contributed by atoms with Gasteiger partial charge in [0.05, 0.1) is 20.7 Å². The van der Waals surface area contributed by atoms with Gasteiger partial charge in [0.1, 0.15) is 12.1 Å². The maximum Gasteiger partial charge on any atom is 0.287 e. The average molecular weight is 353 g/mol. The molecule has 0 saturated carbocycles. The smallest absolute Gasteiger partial charge is 0.287 e. The monoisotopic (exact) mass is 353 g/mol. The highest BCUT2D eigenvalue weighted by molar-refractivity contribution is 5.99. The number of carbonyl (C=O) groups excluding carboxylic acids is 1. The van der Waals surface area contributed by atoms with E-state index in [1.807, 2.05) is 42.5 Å². The summed E-state index contributed by atoms with van der Waals surface area (Å²) in [5.74, 6) is 0.101. The van der Waals surface area contributed by atoms with E-state index in [1.54, 1.807) is 7.11 Å². The molecule has 0 bridgehead atoms. The molecule has 0 fully saturated rings. The van der Waals surface area contributed by atoms with E-state index in [0.29, 0.717) is 24.5 Å². The number of ether oxygens (including phenoxy) is 1. The van der Waals surface area contributed by atoms with Crippen molar-refractivity contribution in [1.29, 1.82) is 0 Å². The molecule has 0 aliphatic carbocycles. The summed E-state index contributed by atoms with van der Waals surface area (Å²) in [4.78, 5) is 14.1. The molecule has 2 N–H and O–H groups in total. The van der Waals surface area contributed by atoms with E-state index < -0.39 is 0 Å². The lowest BCUT2D eigenvalue weighted by molar-refractivity contribution is -0.872. The summed E-state index contributed by atoms with van der Waals surface area (Å²) in [6.07, 6.45) is 0. The zero-order valence-electron chi connectivity index (χ0n) is 15.5. The van der Waals surface area contributed by atoms with Crippen molar-refractivity contribution in [2.75, 3.05) is 21.2 Å². The van der Waals surface area contributed by atoms with Gasteiger partial charge in [-0.15, -0.1) is 0 Å². The molecular weight excluding hydrogens is 328 g/mol. The van der Waals surface area contributed by atoms with Crippen molar-refractivity contribution in [1.82, 2.24) is 5.32 Å². The lowest BCUT2D eigenvalue weighted by Crippen LogP contribution is -3.04. The highest BCUT2D eigenvalue weighted by atomic mass is 16.5. The van der Waals surface area contributed by atoms with Gasteiger partial charge in [-0.1, -0.05) is 42.5 Å². The third-order valence-electron chi connectivity index (χ3n) is 4.29. The van der Waals surface area contributed by atoms with Gasteiger partial charge in [-0.2, -0.15) is 0 Å². The summed E-state index contributed by atoms with van der Waals surface area (Å²) >= 11 is 0. The maximum absolute atomic E-state index is 12.8. The lowest BCUT2D eigenvalue weighted by Gasteiger charge is -2.12. The number of hydrogen-bond donors (Lipinski definition) is 2. The number of amides is 1. The van der Waals surface area contributed by atoms with Crippen molar-refractivity contribution in [2.24, 2.45) is 0 Å². The number of rotatable bonds is 7. The molecular formula is C21H25N2O3+. The zero-order chi connectivity index (χ0) is 18.5. The third kappa shape index (κ3) is 3.95. The van der Waals surface area contributed by atoms with Crippen molar-refractivity contribution in [3.63, 3.8) is 0 Å². The standard InChI is InChI=1S/C21H24N2O3/c1-23(2)13-16-9-5-4-8-15(16)12-22-21(24)20-18(14-25-3)17-10-6-7-11-19(17)26-20/h4-11H,12-14H2,1-3H3,(H,22,24)/p+1. The molecule has 26 heavy (non-hydrogen) atoms. The third-order valence-corrected chi connectivity index (χ3v) is 4.29. The highest BCUT2D eigenvalue weighted by Gasteiger charge is 2.20. The minimum Gasteiger partial charge on any atom is -0.451 e. The molecule has 5 nitrogen and oxygen atoms in total. The lowest BCUT2D eigenvalue weighted by atomic mass is 10.1. The van der Waals surface area contributed by atoms with Crippen LogP contribution < -0.4 is 10.2 Å². The van der Waals surface area contributed by atoms with Crippen LogP contribution >= 0.6 is 0 Å². The predicted molar refractivity (Wildman–Crippen MR) is 101 cm³/mol. The quantitative estimate of drug-likeness (QED) is 0.684. The van der Waals surface area contributed by atoms with Crippen LogP contribution in [0.1, 0.15) is 27.2 Å². The fraction of sp³-hybridized carbons (Fsp3) is 0.286. The number of benzene rings is 2. The second-order valence-corrected chi connectivity index (χ2v) is 6.67. The molecule has 5 heteroatoms. The SMILES string of the molecule is COCc1c(C(=O)NCc2ccccc2C[NH+](C)C)oc2ccccc12. The Morgan fingerprint density at radius 1 is 1.08 bits per heavy atom. The van der Waals surface area contributed by atoms with E-state index in [-0.39, 0.29) is 5.91 Å². The van der Waals surface area contributed by atoms with Crippen LogP contribution in [0.25, 0.3) is 11.0 Å². The average Bonchev–Trinajstić information content (AvgIpc) is 2.99. The molecule has 2 aromatic carbocycles. The molecule has 1 heterocycles. The molecule has 0 aliphatic rings. The summed E-state index contributed by atoms with van der Waals surface area (Å²) in [6, 6.07) is 15.8. The normalized spacial score (nSPS) is 11.2. The molecule has 3 aromatic rings. The molecule has 1 aromatic heterocycles. The van der Waals surface area contributed by atoms with Crippen LogP contribution in [0.15, 0.2) is 52.9 Å². The van der Waals surface area contributed by atoms with Crippen LogP contribution in [0.3, 0.4) is 0 Å². The minimum absolute atomic E-state index is 0.222. The molecule has 0 saturated heterocycles. The number of hydrogen-bond acceptors (Lipinski definition) is 3. The van der Waals surface area contributed by atoms with Crippen LogP contribution in [-0.4, -0.2) is 27.1 Å². The Bertz CT molecular complexity index is 899. The van der Waals surface area contributed by atoms with Gasteiger partial charge in [-0.3, -0.25) is 4.79 Å². The van der Waals surface area contributed by atoms with Crippen LogP contribution in [0, 0.1) is 0 Å². The van der Waals surface area contributed by atoms with E-state index in [1.165, 1.54) is 10.5 Å². The summed E-state index contributed by atoms with van der Waals surface area (Å²) in [5.41, 5.74) is 3.83. The van der Waals surface area contributed by atoms with Gasteiger partial charge >= 0.3 is 0 Å². The van der Waals surface area contributed by atoms with E-state index in [2.05, 4.69) is 25.5 Å². The number of quaternary nitrogens is 1. The maximum atomic E-state index is 12.8. The van der Waals surface area contributed by atoms with Crippen molar-refractivity contribution >= 4 is 16.9 Å². The Morgan fingerprint density at radius 2 is 1.77 bits per heavy atom. The molecule has 0 unspecified atom stereocenters. The van der Waals surface area contributed by atoms with E-state index in [4.69, 9.17) is 9.15 Å². The van der Waals surface area contributed by atoms with Crippen molar-refractivity contribution in [2.45, 2.75) is 19.7 Å². The molecule has 136 valence electrons. The van der Waals surface area contributed by atoms with Crippen LogP contribution in [0.4, 0.5) is 0 Å². The van der Waals surface area contributed by atoms with Gasteiger partial charge < -0.3 is 19.4 Å². The molecule has 0 spiro atoms. The number of nitrogens with one attached hydrogen (secondary N) is 2. The van der Waals surface area contributed by atoms with Gasteiger partial charge in [-0.05, 0) is 11.6 Å². The van der Waals surface area contributed by atoms with Crippen LogP contribution in [0.2, 0.25) is 0 Å². The van der Waals surface area contributed by atoms with Gasteiger partial charge in [0, 0.05) is 30.2 Å². The van der Waals surface area contributed by atoms with Crippen LogP contribution in [0.5, 0.6) is 0 Å². The Morgan fingerprint density at radius 3 is 2.50 bits per heavy atom. The highest BCUT2D eigenvalue weighted by Crippen LogP contribution is 2.26. The van der Waals surface area contributed by atoms with Crippen molar-refractivity contribution in [3.05, 3.63) is 71.0 Å². The molecule has 0 radical (unpaired) electrons. The van der Waals surface area contributed by atoms with Gasteiger partial charge in [0.2, 0.25) is 0 Å². The molecule has 3 rings (SSSR count). The summed E-state index contributed by atoms with van der Waals surface area (Å²) in [7, 11) is 5.84. The van der Waals surface area contributed by atoms with E-state index >= 15 is 0 Å². The number of methoxy groups -OCH3 is 1.